The van der Waals surface area contributed by atoms with Gasteiger partial charge in [-0.2, -0.15) is 5.26 Å². The molecule has 1 aromatic carbocycles. The van der Waals surface area contributed by atoms with E-state index in [1.807, 2.05) is 42.5 Å². The van der Waals surface area contributed by atoms with Gasteiger partial charge in [-0.05, 0) is 54.4 Å². The van der Waals surface area contributed by atoms with Crippen molar-refractivity contribution in [2.75, 3.05) is 11.9 Å². The molecule has 7 nitrogen and oxygen atoms in total. The Balaban J connectivity index is 1.28. The number of alkyl carbamates (subject to hydrolysis) is 1. The van der Waals surface area contributed by atoms with Gasteiger partial charge in [0.1, 0.15) is 11.1 Å². The molecule has 2 heterocycles. The molecule has 0 bridgehead atoms. The summed E-state index contributed by atoms with van der Waals surface area (Å²) in [5.41, 5.74) is 3.59. The molecule has 0 saturated heterocycles. The lowest BCUT2D eigenvalue weighted by Crippen LogP contribution is -2.27. The van der Waals surface area contributed by atoms with Crippen molar-refractivity contribution >= 4 is 28.3 Å². The Morgan fingerprint density at radius 1 is 1.18 bits per heavy atom. The number of amides is 2. The van der Waals surface area contributed by atoms with E-state index in [2.05, 4.69) is 21.7 Å². The van der Waals surface area contributed by atoms with E-state index >= 15 is 0 Å². The highest BCUT2D eigenvalue weighted by atomic mass is 32.1. The molecular weight excluding hydrogens is 448 g/mol. The molecule has 0 aliphatic heterocycles. The van der Waals surface area contributed by atoms with Crippen molar-refractivity contribution in [2.45, 2.75) is 38.6 Å². The number of hydrogen-bond donors (Lipinski definition) is 2. The summed E-state index contributed by atoms with van der Waals surface area (Å²) in [6.07, 6.45) is 6.24. The molecule has 1 aliphatic rings. The van der Waals surface area contributed by atoms with E-state index in [0.29, 0.717) is 36.6 Å². The molecule has 8 heteroatoms. The lowest BCUT2D eigenvalue weighted by atomic mass is 9.88. The van der Waals surface area contributed by atoms with E-state index in [1.165, 1.54) is 11.3 Å². The van der Waals surface area contributed by atoms with E-state index in [4.69, 9.17) is 4.74 Å². The zero-order chi connectivity index (χ0) is 23.8. The number of thiophene rings is 1. The maximum atomic E-state index is 12.5. The van der Waals surface area contributed by atoms with Crippen LogP contribution in [-0.4, -0.2) is 23.6 Å². The van der Waals surface area contributed by atoms with Gasteiger partial charge in [-0.15, -0.1) is 11.3 Å². The maximum Gasteiger partial charge on any atom is 0.407 e. The van der Waals surface area contributed by atoms with Crippen molar-refractivity contribution in [1.82, 2.24) is 10.3 Å². The molecule has 2 N–H and O–H groups in total. The van der Waals surface area contributed by atoms with Crippen molar-refractivity contribution in [2.24, 2.45) is 5.92 Å². The van der Waals surface area contributed by atoms with Crippen molar-refractivity contribution in [3.8, 4) is 6.07 Å². The number of aryl methyl sites for hydroxylation is 1. The highest BCUT2D eigenvalue weighted by molar-refractivity contribution is 7.16. The predicted molar refractivity (Wildman–Crippen MR) is 130 cm³/mol. The minimum absolute atomic E-state index is 0.117. The average molecular weight is 475 g/mol. The highest BCUT2D eigenvalue weighted by Gasteiger charge is 2.27. The number of nitriles is 1. The number of aromatic nitrogens is 1. The van der Waals surface area contributed by atoms with Crippen LogP contribution in [0.1, 0.15) is 40.0 Å². The lowest BCUT2D eigenvalue weighted by Gasteiger charge is -2.21. The highest BCUT2D eigenvalue weighted by Crippen LogP contribution is 2.39. The van der Waals surface area contributed by atoms with Gasteiger partial charge in [0.15, 0.2) is 0 Å². The molecule has 34 heavy (non-hydrogen) atoms. The van der Waals surface area contributed by atoms with E-state index in [1.54, 1.807) is 12.4 Å². The van der Waals surface area contributed by atoms with Gasteiger partial charge in [0, 0.05) is 30.2 Å². The maximum absolute atomic E-state index is 12.5. The Kier molecular flexibility index (Phi) is 7.89. The Morgan fingerprint density at radius 2 is 2.00 bits per heavy atom. The fourth-order valence-corrected chi connectivity index (χ4v) is 5.34. The largest absolute Gasteiger partial charge is 0.449 e. The molecule has 2 aromatic heterocycles. The number of carbonyl (C=O) groups is 2. The summed E-state index contributed by atoms with van der Waals surface area (Å²) in [7, 11) is 0. The average Bonchev–Trinajstić information content (AvgIpc) is 3.22. The molecule has 0 radical (unpaired) electrons. The SMILES string of the molecule is N#Cc1c(NC(=O)CCc2cccnc2)sc2c1CCC(COC(=O)NCc1ccccc1)C2. The number of rotatable bonds is 8. The number of hydrogen-bond acceptors (Lipinski definition) is 6. The van der Waals surface area contributed by atoms with Gasteiger partial charge in [-0.25, -0.2) is 4.79 Å². The molecule has 0 spiro atoms. The van der Waals surface area contributed by atoms with E-state index < -0.39 is 6.09 Å². The van der Waals surface area contributed by atoms with E-state index in [0.717, 1.165) is 40.8 Å². The Morgan fingerprint density at radius 3 is 2.76 bits per heavy atom. The summed E-state index contributed by atoms with van der Waals surface area (Å²) in [4.78, 5) is 29.7. The normalized spacial score (nSPS) is 14.5. The molecule has 1 aliphatic carbocycles. The minimum Gasteiger partial charge on any atom is -0.449 e. The van der Waals surface area contributed by atoms with E-state index in [9.17, 15) is 14.9 Å². The van der Waals surface area contributed by atoms with Gasteiger partial charge in [0.25, 0.3) is 0 Å². The van der Waals surface area contributed by atoms with Crippen molar-refractivity contribution < 1.29 is 14.3 Å². The third-order valence-electron chi connectivity index (χ3n) is 5.83. The van der Waals surface area contributed by atoms with Gasteiger partial charge >= 0.3 is 6.09 Å². The van der Waals surface area contributed by atoms with Crippen LogP contribution >= 0.6 is 11.3 Å². The third kappa shape index (κ3) is 6.21. The van der Waals surface area contributed by atoms with Crippen molar-refractivity contribution in [1.29, 1.82) is 5.26 Å². The first-order valence-electron chi connectivity index (χ1n) is 11.3. The van der Waals surface area contributed by atoms with Gasteiger partial charge in [-0.3, -0.25) is 9.78 Å². The molecule has 1 unspecified atom stereocenters. The van der Waals surface area contributed by atoms with E-state index in [-0.39, 0.29) is 11.8 Å². The van der Waals surface area contributed by atoms with Crippen LogP contribution in [0, 0.1) is 17.2 Å². The number of nitrogens with zero attached hydrogens (tertiary/aromatic N) is 2. The van der Waals surface area contributed by atoms with Gasteiger partial charge in [0.05, 0.1) is 12.2 Å². The number of anilines is 1. The molecule has 3 aromatic rings. The molecule has 2 amide bonds. The number of carbonyl (C=O) groups excluding carboxylic acids is 2. The van der Waals surface area contributed by atoms with Gasteiger partial charge < -0.3 is 15.4 Å². The van der Waals surface area contributed by atoms with Crippen LogP contribution in [0.25, 0.3) is 0 Å². The van der Waals surface area contributed by atoms with Crippen LogP contribution < -0.4 is 10.6 Å². The Bertz CT molecular complexity index is 1170. The number of nitrogens with one attached hydrogen (secondary N) is 2. The number of ether oxygens (including phenoxy) is 1. The molecule has 4 rings (SSSR count). The molecule has 174 valence electrons. The first-order valence-corrected chi connectivity index (χ1v) is 12.1. The molecular formula is C26H26N4O3S. The number of benzene rings is 1. The van der Waals surface area contributed by atoms with Crippen LogP contribution in [0.4, 0.5) is 9.80 Å². The van der Waals surface area contributed by atoms with Crippen LogP contribution in [0.2, 0.25) is 0 Å². The smallest absolute Gasteiger partial charge is 0.407 e. The first kappa shape index (κ1) is 23.5. The van der Waals surface area contributed by atoms with Crippen LogP contribution in [0.5, 0.6) is 0 Å². The summed E-state index contributed by atoms with van der Waals surface area (Å²) in [6.45, 7) is 0.751. The quantitative estimate of drug-likeness (QED) is 0.496. The summed E-state index contributed by atoms with van der Waals surface area (Å²) < 4.78 is 5.43. The summed E-state index contributed by atoms with van der Waals surface area (Å²) >= 11 is 1.46. The fourth-order valence-electron chi connectivity index (χ4n) is 4.01. The Hall–Kier alpha value is -3.70. The van der Waals surface area contributed by atoms with Crippen LogP contribution in [0.15, 0.2) is 54.9 Å². The topological polar surface area (TPSA) is 104 Å². The molecule has 0 fully saturated rings. The number of pyridine rings is 1. The Labute approximate surface area is 202 Å². The standard InChI is InChI=1S/C26H26N4O3S/c27-14-22-21-10-8-20(17-33-26(32)29-16-18-5-2-1-3-6-18)13-23(21)34-25(22)30-24(31)11-9-19-7-4-12-28-15-19/h1-7,12,15,20H,8-11,13,16-17H2,(H,29,32)(H,30,31). The van der Waals surface area contributed by atoms with Crippen molar-refractivity contribution in [3.63, 3.8) is 0 Å². The second kappa shape index (κ2) is 11.4. The van der Waals surface area contributed by atoms with Crippen molar-refractivity contribution in [3.05, 3.63) is 82.0 Å². The zero-order valence-corrected chi connectivity index (χ0v) is 19.6. The second-order valence-corrected chi connectivity index (χ2v) is 9.38. The first-order chi connectivity index (χ1) is 16.6. The summed E-state index contributed by atoms with van der Waals surface area (Å²) in [5, 5.41) is 16.0. The zero-order valence-electron chi connectivity index (χ0n) is 18.8. The molecule has 0 saturated carbocycles. The summed E-state index contributed by atoms with van der Waals surface area (Å²) in [6, 6.07) is 15.7. The van der Waals surface area contributed by atoms with Crippen LogP contribution in [-0.2, 0) is 35.3 Å². The van der Waals surface area contributed by atoms with Gasteiger partial charge in [0.2, 0.25) is 5.91 Å². The minimum atomic E-state index is -0.430. The predicted octanol–water partition coefficient (Wildman–Crippen LogP) is 4.62. The fraction of sp³-hybridized carbons (Fsp3) is 0.308. The lowest BCUT2D eigenvalue weighted by molar-refractivity contribution is -0.116. The number of fused-ring (bicyclic) bond motifs is 1. The summed E-state index contributed by atoms with van der Waals surface area (Å²) in [5.74, 6) is 0.0724. The van der Waals surface area contributed by atoms with Crippen LogP contribution in [0.3, 0.4) is 0 Å². The van der Waals surface area contributed by atoms with Gasteiger partial charge in [-0.1, -0.05) is 36.4 Å². The second-order valence-electron chi connectivity index (χ2n) is 8.28. The molecule has 1 atom stereocenters. The monoisotopic (exact) mass is 474 g/mol. The third-order valence-corrected chi connectivity index (χ3v) is 7.00.